The van der Waals surface area contributed by atoms with Crippen LogP contribution in [0.1, 0.15) is 29.2 Å². The number of nitrogens with zero attached hydrogens (tertiary/aromatic N) is 2. The molecular weight excluding hydrogens is 279 g/mol. The maximum Gasteiger partial charge on any atom is 0.123 e. The molecule has 1 aliphatic rings. The van der Waals surface area contributed by atoms with E-state index < -0.39 is 0 Å². The van der Waals surface area contributed by atoms with Gasteiger partial charge in [-0.25, -0.2) is 4.39 Å². The lowest BCUT2D eigenvalue weighted by molar-refractivity contribution is 0.172. The standard InChI is InChI=1S/C18H17FN2O/c19-16-7-5-15(6-8-16)18-9-17(22)12-21(18)11-14-3-1-13(10-20)2-4-14/h1-8,17-18,22H,9,11-12H2/t17-,18-/m1/s1. The lowest BCUT2D eigenvalue weighted by atomic mass is 10.0. The van der Waals surface area contributed by atoms with Crippen LogP contribution in [0.15, 0.2) is 48.5 Å². The molecule has 3 nitrogen and oxygen atoms in total. The first-order valence-corrected chi connectivity index (χ1v) is 7.32. The fraction of sp³-hybridized carbons (Fsp3) is 0.278. The molecule has 0 radical (unpaired) electrons. The molecule has 0 unspecified atom stereocenters. The second-order valence-corrected chi connectivity index (χ2v) is 5.70. The first-order chi connectivity index (χ1) is 10.7. The summed E-state index contributed by atoms with van der Waals surface area (Å²) in [7, 11) is 0. The van der Waals surface area contributed by atoms with Crippen molar-refractivity contribution in [1.82, 2.24) is 4.90 Å². The van der Waals surface area contributed by atoms with Gasteiger partial charge >= 0.3 is 0 Å². The summed E-state index contributed by atoms with van der Waals surface area (Å²) in [4.78, 5) is 2.19. The van der Waals surface area contributed by atoms with E-state index in [-0.39, 0.29) is 18.0 Å². The maximum absolute atomic E-state index is 13.1. The summed E-state index contributed by atoms with van der Waals surface area (Å²) in [6.45, 7) is 1.30. The van der Waals surface area contributed by atoms with Crippen LogP contribution < -0.4 is 0 Å². The first-order valence-electron chi connectivity index (χ1n) is 7.32. The minimum Gasteiger partial charge on any atom is -0.392 e. The molecule has 1 heterocycles. The number of hydrogen-bond acceptors (Lipinski definition) is 3. The number of likely N-dealkylation sites (tertiary alicyclic amines) is 1. The van der Waals surface area contributed by atoms with Crippen molar-refractivity contribution in [2.75, 3.05) is 6.54 Å². The summed E-state index contributed by atoms with van der Waals surface area (Å²) in [6.07, 6.45) is 0.287. The number of aliphatic hydroxyl groups excluding tert-OH is 1. The molecule has 4 heteroatoms. The van der Waals surface area contributed by atoms with Gasteiger partial charge < -0.3 is 5.11 Å². The van der Waals surface area contributed by atoms with Crippen LogP contribution in [0.5, 0.6) is 0 Å². The SMILES string of the molecule is N#Cc1ccc(CN2C[C@H](O)C[C@@H]2c2ccc(F)cc2)cc1. The van der Waals surface area contributed by atoms with Crippen molar-refractivity contribution in [2.45, 2.75) is 25.1 Å². The molecule has 2 atom stereocenters. The van der Waals surface area contributed by atoms with E-state index in [0.29, 0.717) is 25.1 Å². The van der Waals surface area contributed by atoms with Crippen molar-refractivity contribution < 1.29 is 9.50 Å². The van der Waals surface area contributed by atoms with Crippen molar-refractivity contribution in [1.29, 1.82) is 5.26 Å². The highest BCUT2D eigenvalue weighted by molar-refractivity contribution is 5.32. The summed E-state index contributed by atoms with van der Waals surface area (Å²) < 4.78 is 13.1. The Hall–Kier alpha value is -2.22. The van der Waals surface area contributed by atoms with Crippen LogP contribution in [0.25, 0.3) is 0 Å². The van der Waals surface area contributed by atoms with E-state index in [4.69, 9.17) is 5.26 Å². The second kappa shape index (κ2) is 6.27. The van der Waals surface area contributed by atoms with Crippen LogP contribution in [0, 0.1) is 17.1 Å². The molecule has 0 saturated carbocycles. The van der Waals surface area contributed by atoms with E-state index >= 15 is 0 Å². The third-order valence-electron chi connectivity index (χ3n) is 4.10. The summed E-state index contributed by atoms with van der Waals surface area (Å²) in [5.41, 5.74) is 2.76. The lowest BCUT2D eigenvalue weighted by Gasteiger charge is -2.24. The normalized spacial score (nSPS) is 21.7. The highest BCUT2D eigenvalue weighted by Gasteiger charge is 2.31. The number of β-amino-alcohol motifs (C(OH)–C–C–N with tert-alkyl or cyclic N) is 1. The van der Waals surface area contributed by atoms with Crippen LogP contribution >= 0.6 is 0 Å². The highest BCUT2D eigenvalue weighted by atomic mass is 19.1. The second-order valence-electron chi connectivity index (χ2n) is 5.70. The number of rotatable bonds is 3. The average molecular weight is 296 g/mol. The number of aliphatic hydroxyl groups is 1. The van der Waals surface area contributed by atoms with Gasteiger partial charge in [0.05, 0.1) is 17.7 Å². The van der Waals surface area contributed by atoms with Crippen molar-refractivity contribution >= 4 is 0 Å². The van der Waals surface area contributed by atoms with Gasteiger partial charge in [0.25, 0.3) is 0 Å². The van der Waals surface area contributed by atoms with E-state index in [2.05, 4.69) is 11.0 Å². The van der Waals surface area contributed by atoms with Gasteiger partial charge in [0.1, 0.15) is 5.82 Å². The lowest BCUT2D eigenvalue weighted by Crippen LogP contribution is -2.24. The van der Waals surface area contributed by atoms with Gasteiger partial charge in [-0.1, -0.05) is 24.3 Å². The molecular formula is C18H17FN2O. The highest BCUT2D eigenvalue weighted by Crippen LogP contribution is 2.33. The monoisotopic (exact) mass is 296 g/mol. The molecule has 1 fully saturated rings. The fourth-order valence-corrected chi connectivity index (χ4v) is 3.01. The largest absolute Gasteiger partial charge is 0.392 e. The number of hydrogen-bond donors (Lipinski definition) is 1. The Morgan fingerprint density at radius 2 is 1.82 bits per heavy atom. The molecule has 2 aromatic carbocycles. The summed E-state index contributed by atoms with van der Waals surface area (Å²) in [6, 6.07) is 16.1. The molecule has 0 amide bonds. The van der Waals surface area contributed by atoms with Gasteiger partial charge in [-0.2, -0.15) is 5.26 Å². The van der Waals surface area contributed by atoms with E-state index in [9.17, 15) is 9.50 Å². The molecule has 0 aromatic heterocycles. The summed E-state index contributed by atoms with van der Waals surface area (Å²) in [5, 5.41) is 18.8. The molecule has 2 aromatic rings. The Morgan fingerprint density at radius 1 is 1.14 bits per heavy atom. The third-order valence-corrected chi connectivity index (χ3v) is 4.10. The topological polar surface area (TPSA) is 47.3 Å². The Morgan fingerprint density at radius 3 is 2.45 bits per heavy atom. The molecule has 0 aliphatic carbocycles. The summed E-state index contributed by atoms with van der Waals surface area (Å²) in [5.74, 6) is -0.249. The molecule has 1 aliphatic heterocycles. The van der Waals surface area contributed by atoms with Crippen molar-refractivity contribution in [3.63, 3.8) is 0 Å². The zero-order valence-corrected chi connectivity index (χ0v) is 12.1. The van der Waals surface area contributed by atoms with Crippen LogP contribution in [0.2, 0.25) is 0 Å². The van der Waals surface area contributed by atoms with E-state index in [0.717, 1.165) is 11.1 Å². The van der Waals surface area contributed by atoms with Gasteiger partial charge in [0, 0.05) is 19.1 Å². The molecule has 0 bridgehead atoms. The maximum atomic E-state index is 13.1. The zero-order valence-electron chi connectivity index (χ0n) is 12.1. The van der Waals surface area contributed by atoms with Gasteiger partial charge in [0.15, 0.2) is 0 Å². The summed E-state index contributed by atoms with van der Waals surface area (Å²) >= 11 is 0. The smallest absolute Gasteiger partial charge is 0.123 e. The van der Waals surface area contributed by atoms with Crippen molar-refractivity contribution in [2.24, 2.45) is 0 Å². The third kappa shape index (κ3) is 3.16. The number of halogens is 1. The molecule has 1 saturated heterocycles. The number of benzene rings is 2. The average Bonchev–Trinajstić information content (AvgIpc) is 2.89. The van der Waals surface area contributed by atoms with E-state index in [1.807, 2.05) is 12.1 Å². The van der Waals surface area contributed by atoms with Gasteiger partial charge in [-0.15, -0.1) is 0 Å². The Bertz CT molecular complexity index is 676. The van der Waals surface area contributed by atoms with Crippen LogP contribution in [-0.2, 0) is 6.54 Å². The Kier molecular flexibility index (Phi) is 4.19. The van der Waals surface area contributed by atoms with Crippen LogP contribution in [0.3, 0.4) is 0 Å². The first kappa shape index (κ1) is 14.7. The van der Waals surface area contributed by atoms with E-state index in [1.54, 1.807) is 24.3 Å². The molecule has 0 spiro atoms. The Labute approximate surface area is 129 Å². The van der Waals surface area contributed by atoms with Gasteiger partial charge in [-0.3, -0.25) is 4.90 Å². The van der Waals surface area contributed by atoms with Gasteiger partial charge in [0.2, 0.25) is 0 Å². The molecule has 112 valence electrons. The zero-order chi connectivity index (χ0) is 15.5. The van der Waals surface area contributed by atoms with Crippen LogP contribution in [-0.4, -0.2) is 22.7 Å². The molecule has 22 heavy (non-hydrogen) atoms. The van der Waals surface area contributed by atoms with E-state index in [1.165, 1.54) is 12.1 Å². The fourth-order valence-electron chi connectivity index (χ4n) is 3.01. The molecule has 3 rings (SSSR count). The minimum atomic E-state index is -0.367. The minimum absolute atomic E-state index is 0.0891. The Balaban J connectivity index is 1.78. The predicted octanol–water partition coefficient (Wildman–Crippen LogP) is 3.01. The quantitative estimate of drug-likeness (QED) is 0.947. The van der Waals surface area contributed by atoms with Crippen molar-refractivity contribution in [3.05, 3.63) is 71.0 Å². The predicted molar refractivity (Wildman–Crippen MR) is 81.3 cm³/mol. The van der Waals surface area contributed by atoms with Gasteiger partial charge in [-0.05, 0) is 41.8 Å². The molecule has 1 N–H and O–H groups in total. The number of nitriles is 1. The van der Waals surface area contributed by atoms with Crippen molar-refractivity contribution in [3.8, 4) is 6.07 Å². The van der Waals surface area contributed by atoms with Crippen LogP contribution in [0.4, 0.5) is 4.39 Å².